The van der Waals surface area contributed by atoms with Crippen molar-refractivity contribution in [1.29, 1.82) is 0 Å². The van der Waals surface area contributed by atoms with Crippen LogP contribution in [0.1, 0.15) is 51.9 Å². The molecule has 0 N–H and O–H groups in total. The van der Waals surface area contributed by atoms with Gasteiger partial charge in [-0.2, -0.15) is 4.98 Å². The quantitative estimate of drug-likeness (QED) is 0.204. The van der Waals surface area contributed by atoms with E-state index in [2.05, 4.69) is 20.5 Å². The zero-order chi connectivity index (χ0) is 32.5. The van der Waals surface area contributed by atoms with Crippen LogP contribution in [0.3, 0.4) is 0 Å². The molecule has 0 saturated carbocycles. The van der Waals surface area contributed by atoms with Gasteiger partial charge in [-0.3, -0.25) is 24.0 Å². The lowest BCUT2D eigenvalue weighted by Crippen LogP contribution is -2.60. The van der Waals surface area contributed by atoms with E-state index in [1.54, 1.807) is 0 Å². The van der Waals surface area contributed by atoms with E-state index in [4.69, 9.17) is 32.9 Å². The average Bonchev–Trinajstić information content (AvgIpc) is 3.66. The number of rotatable bonds is 12. The van der Waals surface area contributed by atoms with Gasteiger partial charge < -0.3 is 32.9 Å². The van der Waals surface area contributed by atoms with Crippen LogP contribution in [-0.4, -0.2) is 86.0 Å². The zero-order valence-corrected chi connectivity index (χ0v) is 24.8. The largest absolute Gasteiger partial charge is 0.463 e. The van der Waals surface area contributed by atoms with Gasteiger partial charge in [0.2, 0.25) is 11.7 Å². The van der Waals surface area contributed by atoms with E-state index in [-0.39, 0.29) is 31.0 Å². The van der Waals surface area contributed by atoms with E-state index < -0.39 is 67.1 Å². The van der Waals surface area contributed by atoms with Crippen molar-refractivity contribution in [3.05, 3.63) is 48.1 Å². The number of carbonyl (C=O) groups is 5. The van der Waals surface area contributed by atoms with Gasteiger partial charge in [-0.15, -0.1) is 5.10 Å². The summed E-state index contributed by atoms with van der Waals surface area (Å²) >= 11 is 0. The topological polar surface area (TPSA) is 210 Å². The van der Waals surface area contributed by atoms with E-state index in [0.717, 1.165) is 31.0 Å². The van der Waals surface area contributed by atoms with Crippen molar-refractivity contribution in [3.63, 3.8) is 0 Å². The summed E-state index contributed by atoms with van der Waals surface area (Å²) in [5, 5.41) is 11.9. The molecule has 1 saturated heterocycles. The van der Waals surface area contributed by atoms with Gasteiger partial charge >= 0.3 is 29.8 Å². The first kappa shape index (κ1) is 32.7. The minimum absolute atomic E-state index is 0.0513. The predicted octanol–water partition coefficient (Wildman–Crippen LogP) is 1.26. The number of nitrogens with zero attached hydrogens (tertiary/aromatic N) is 5. The molecule has 0 radical (unpaired) electrons. The molecule has 240 valence electrons. The number of benzene rings is 1. The smallest absolute Gasteiger partial charge is 0.306 e. The van der Waals surface area contributed by atoms with Crippen LogP contribution in [0.4, 0.5) is 0 Å². The predicted molar refractivity (Wildman–Crippen MR) is 145 cm³/mol. The van der Waals surface area contributed by atoms with Crippen molar-refractivity contribution >= 4 is 29.8 Å². The van der Waals surface area contributed by atoms with Crippen molar-refractivity contribution in [2.45, 2.75) is 77.8 Å². The Balaban J connectivity index is 1.45. The molecule has 0 aliphatic carbocycles. The molecule has 0 amide bonds. The molecule has 1 aliphatic rings. The maximum atomic E-state index is 12.4. The second-order valence-corrected chi connectivity index (χ2v) is 9.82. The number of aryl methyl sites for hydroxylation is 1. The van der Waals surface area contributed by atoms with Gasteiger partial charge in [0.1, 0.15) is 25.0 Å². The summed E-state index contributed by atoms with van der Waals surface area (Å²) in [6.07, 6.45) is -5.09. The Kier molecular flexibility index (Phi) is 10.9. The fourth-order valence-electron chi connectivity index (χ4n) is 4.42. The Morgan fingerprint density at radius 1 is 0.844 bits per heavy atom. The number of hydrogen-bond acceptors (Lipinski definition) is 16. The average molecular weight is 630 g/mol. The minimum atomic E-state index is -1.38. The number of aromatic nitrogens is 5. The molecule has 1 aliphatic heterocycles. The van der Waals surface area contributed by atoms with E-state index in [1.165, 1.54) is 13.1 Å². The van der Waals surface area contributed by atoms with Gasteiger partial charge in [0.25, 0.3) is 0 Å². The molecule has 2 aromatic heterocycles. The Labute approximate surface area is 256 Å². The van der Waals surface area contributed by atoms with Crippen LogP contribution in [0.2, 0.25) is 0 Å². The van der Waals surface area contributed by atoms with Crippen molar-refractivity contribution in [3.8, 4) is 11.4 Å². The lowest BCUT2D eigenvalue weighted by atomic mass is 9.97. The van der Waals surface area contributed by atoms with Gasteiger partial charge in [0, 0.05) is 39.7 Å². The Morgan fingerprint density at radius 3 is 2.18 bits per heavy atom. The number of carbonyl (C=O) groups excluding carboxylic acids is 5. The first-order chi connectivity index (χ1) is 21.5. The summed E-state index contributed by atoms with van der Waals surface area (Å²) in [6.45, 7) is 3.85. The van der Waals surface area contributed by atoms with Crippen LogP contribution in [0, 0.1) is 0 Å². The maximum absolute atomic E-state index is 12.4. The van der Waals surface area contributed by atoms with Crippen LogP contribution in [0.15, 0.2) is 41.1 Å². The van der Waals surface area contributed by atoms with E-state index >= 15 is 0 Å². The minimum Gasteiger partial charge on any atom is -0.463 e. The highest BCUT2D eigenvalue weighted by atomic mass is 16.7. The molecule has 5 atom stereocenters. The van der Waals surface area contributed by atoms with Crippen molar-refractivity contribution < 1.29 is 56.9 Å². The third-order valence-electron chi connectivity index (χ3n) is 6.21. The second-order valence-electron chi connectivity index (χ2n) is 9.82. The van der Waals surface area contributed by atoms with Crippen LogP contribution in [-0.2, 0) is 65.4 Å². The van der Waals surface area contributed by atoms with Gasteiger partial charge in [0.15, 0.2) is 24.5 Å². The third-order valence-corrected chi connectivity index (χ3v) is 6.21. The standard InChI is InChI=1S/C28H31N5O12/c1-15(34)39-14-21-24(41-16(2)35)25(42-17(3)36)26(43-18(4)37)28(44-21)33-12-20(30-32-33)13-40-23(38)11-10-22-29-27(31-45-22)19-8-6-5-7-9-19/h5-9,12,21,24-26,28H,10-11,13-14H2,1-4H3/t21-,24-,25+,26-,28-/m1/s1. The van der Waals surface area contributed by atoms with Crippen LogP contribution >= 0.6 is 0 Å². The number of esters is 5. The lowest BCUT2D eigenvalue weighted by molar-refractivity contribution is -0.270. The first-order valence-corrected chi connectivity index (χ1v) is 13.7. The lowest BCUT2D eigenvalue weighted by Gasteiger charge is -2.44. The molecule has 45 heavy (non-hydrogen) atoms. The van der Waals surface area contributed by atoms with Crippen LogP contribution in [0.25, 0.3) is 11.4 Å². The summed E-state index contributed by atoms with van der Waals surface area (Å²) in [6, 6.07) is 9.21. The highest BCUT2D eigenvalue weighted by Gasteiger charge is 2.53. The molecule has 0 bridgehead atoms. The summed E-state index contributed by atoms with van der Waals surface area (Å²) < 4.78 is 39.0. The van der Waals surface area contributed by atoms with Crippen LogP contribution in [0.5, 0.6) is 0 Å². The fourth-order valence-corrected chi connectivity index (χ4v) is 4.42. The highest BCUT2D eigenvalue weighted by molar-refractivity contribution is 5.70. The Hall–Kier alpha value is -5.19. The third kappa shape index (κ3) is 9.15. The van der Waals surface area contributed by atoms with E-state index in [1.807, 2.05) is 30.3 Å². The maximum Gasteiger partial charge on any atom is 0.306 e. The molecule has 1 fully saturated rings. The zero-order valence-electron chi connectivity index (χ0n) is 24.8. The summed E-state index contributed by atoms with van der Waals surface area (Å²) in [7, 11) is 0. The summed E-state index contributed by atoms with van der Waals surface area (Å²) in [4.78, 5) is 64.2. The number of ether oxygens (including phenoxy) is 6. The van der Waals surface area contributed by atoms with Crippen molar-refractivity contribution in [2.24, 2.45) is 0 Å². The fraction of sp³-hybridized carbons (Fsp3) is 0.464. The van der Waals surface area contributed by atoms with E-state index in [9.17, 15) is 24.0 Å². The molecule has 3 aromatic rings. The Morgan fingerprint density at radius 2 is 1.51 bits per heavy atom. The summed E-state index contributed by atoms with van der Waals surface area (Å²) in [5.74, 6) is -2.85. The SMILES string of the molecule is CC(=O)OC[C@H]1O[C@@H](n2cc(COC(=O)CCc3nc(-c4ccccc4)no3)nn2)[C@H](OC(C)=O)[C@@H](OC(C)=O)[C@@H]1OC(C)=O. The second kappa shape index (κ2) is 15.0. The molecule has 0 spiro atoms. The van der Waals surface area contributed by atoms with Gasteiger partial charge in [-0.05, 0) is 0 Å². The molecular formula is C28H31N5O12. The molecule has 1 aromatic carbocycles. The molecule has 0 unspecified atom stereocenters. The normalized spacial score (nSPS) is 20.9. The molecular weight excluding hydrogens is 598 g/mol. The van der Waals surface area contributed by atoms with Gasteiger partial charge in [-0.1, -0.05) is 40.7 Å². The van der Waals surface area contributed by atoms with Crippen molar-refractivity contribution in [2.75, 3.05) is 6.61 Å². The molecule has 4 rings (SSSR count). The summed E-state index contributed by atoms with van der Waals surface area (Å²) in [5.41, 5.74) is 0.968. The monoisotopic (exact) mass is 629 g/mol. The van der Waals surface area contributed by atoms with Crippen LogP contribution < -0.4 is 0 Å². The number of hydrogen-bond donors (Lipinski definition) is 0. The highest BCUT2D eigenvalue weighted by Crippen LogP contribution is 2.34. The molecule has 17 nitrogen and oxygen atoms in total. The molecule has 3 heterocycles. The van der Waals surface area contributed by atoms with E-state index in [0.29, 0.717) is 5.82 Å². The molecule has 17 heteroatoms. The van der Waals surface area contributed by atoms with Gasteiger partial charge in [-0.25, -0.2) is 4.68 Å². The van der Waals surface area contributed by atoms with Gasteiger partial charge in [0.05, 0.1) is 12.6 Å². The van der Waals surface area contributed by atoms with Crippen molar-refractivity contribution in [1.82, 2.24) is 25.1 Å². The Bertz CT molecular complexity index is 1510. The first-order valence-electron chi connectivity index (χ1n) is 13.7.